The number of carbonyl (C=O) groups excluding carboxylic acids is 1. The van der Waals surface area contributed by atoms with E-state index < -0.39 is 0 Å². The molecule has 5 heteroatoms. The van der Waals surface area contributed by atoms with Crippen LogP contribution in [0.4, 0.5) is 0 Å². The van der Waals surface area contributed by atoms with E-state index in [0.717, 1.165) is 45.4 Å². The number of amides is 1. The maximum atomic E-state index is 12.0. The molecule has 0 spiro atoms. The Balaban J connectivity index is 0.00000256. The zero-order valence-electron chi connectivity index (χ0n) is 10.9. The Labute approximate surface area is 110 Å². The Hall–Kier alpha value is -0.320. The van der Waals surface area contributed by atoms with E-state index >= 15 is 0 Å². The first-order chi connectivity index (χ1) is 7.66. The van der Waals surface area contributed by atoms with Crippen LogP contribution in [0, 0.1) is 5.92 Å². The third-order valence-corrected chi connectivity index (χ3v) is 3.28. The number of likely N-dealkylation sites (N-methyl/N-ethyl adjacent to an activating group) is 1. The summed E-state index contributed by atoms with van der Waals surface area (Å²) in [5.74, 6) is 0.380. The van der Waals surface area contributed by atoms with Crippen LogP contribution in [0.15, 0.2) is 0 Å². The average molecular weight is 265 g/mol. The van der Waals surface area contributed by atoms with Gasteiger partial charge in [0.05, 0.1) is 6.04 Å². The van der Waals surface area contributed by atoms with Crippen LogP contribution in [0.25, 0.3) is 0 Å². The molecule has 0 aromatic carbocycles. The molecule has 102 valence electrons. The molecule has 1 amide bonds. The molecule has 0 aliphatic carbocycles. The third-order valence-electron chi connectivity index (χ3n) is 3.28. The molecule has 2 N–H and O–H groups in total. The molecule has 1 unspecified atom stereocenters. The predicted octanol–water partition coefficient (Wildman–Crippen LogP) is 1.42. The molecular formula is C12H25ClN2O2. The van der Waals surface area contributed by atoms with Crippen molar-refractivity contribution in [2.24, 2.45) is 11.7 Å². The van der Waals surface area contributed by atoms with Crippen molar-refractivity contribution in [3.63, 3.8) is 0 Å². The summed E-state index contributed by atoms with van der Waals surface area (Å²) in [7, 11) is 1.84. The van der Waals surface area contributed by atoms with Gasteiger partial charge in [-0.3, -0.25) is 4.79 Å². The van der Waals surface area contributed by atoms with E-state index in [0.29, 0.717) is 5.92 Å². The quantitative estimate of drug-likeness (QED) is 0.817. The number of unbranched alkanes of at least 4 members (excludes halogenated alkanes) is 1. The van der Waals surface area contributed by atoms with Gasteiger partial charge in [-0.05, 0) is 25.2 Å². The van der Waals surface area contributed by atoms with Gasteiger partial charge in [-0.2, -0.15) is 0 Å². The van der Waals surface area contributed by atoms with Gasteiger partial charge in [0, 0.05) is 26.8 Å². The number of hydrogen-bond acceptors (Lipinski definition) is 3. The Morgan fingerprint density at radius 3 is 2.59 bits per heavy atom. The minimum atomic E-state index is -0.342. The molecule has 0 bridgehead atoms. The summed E-state index contributed by atoms with van der Waals surface area (Å²) in [5.41, 5.74) is 6.02. The first-order valence-corrected chi connectivity index (χ1v) is 6.25. The zero-order chi connectivity index (χ0) is 12.0. The number of ether oxygens (including phenoxy) is 1. The number of hydrogen-bond donors (Lipinski definition) is 1. The Bertz CT molecular complexity index is 221. The van der Waals surface area contributed by atoms with Crippen LogP contribution < -0.4 is 5.73 Å². The minimum Gasteiger partial charge on any atom is -0.381 e. The molecule has 4 nitrogen and oxygen atoms in total. The van der Waals surface area contributed by atoms with Gasteiger partial charge in [0.1, 0.15) is 0 Å². The van der Waals surface area contributed by atoms with Gasteiger partial charge in [-0.1, -0.05) is 13.3 Å². The van der Waals surface area contributed by atoms with E-state index in [2.05, 4.69) is 6.92 Å². The van der Waals surface area contributed by atoms with Crippen LogP contribution >= 0.6 is 12.4 Å². The molecular weight excluding hydrogens is 240 g/mol. The van der Waals surface area contributed by atoms with Gasteiger partial charge < -0.3 is 15.4 Å². The zero-order valence-corrected chi connectivity index (χ0v) is 11.7. The van der Waals surface area contributed by atoms with E-state index in [1.165, 1.54) is 0 Å². The second-order valence-corrected chi connectivity index (χ2v) is 4.59. The first kappa shape index (κ1) is 16.7. The Kier molecular flexibility index (Phi) is 8.56. The van der Waals surface area contributed by atoms with Crippen LogP contribution in [-0.2, 0) is 9.53 Å². The van der Waals surface area contributed by atoms with Crippen molar-refractivity contribution >= 4 is 18.3 Å². The van der Waals surface area contributed by atoms with Gasteiger partial charge in [0.15, 0.2) is 0 Å². The lowest BCUT2D eigenvalue weighted by atomic mass is 9.91. The molecule has 1 fully saturated rings. The van der Waals surface area contributed by atoms with Crippen molar-refractivity contribution in [1.29, 1.82) is 0 Å². The van der Waals surface area contributed by atoms with E-state index in [-0.39, 0.29) is 24.4 Å². The average Bonchev–Trinajstić information content (AvgIpc) is 2.35. The fourth-order valence-electron chi connectivity index (χ4n) is 2.04. The van der Waals surface area contributed by atoms with Crippen LogP contribution in [0.5, 0.6) is 0 Å². The monoisotopic (exact) mass is 264 g/mol. The molecule has 1 heterocycles. The lowest BCUT2D eigenvalue weighted by molar-refractivity contribution is -0.133. The van der Waals surface area contributed by atoms with Crippen LogP contribution in [0.2, 0.25) is 0 Å². The highest BCUT2D eigenvalue weighted by atomic mass is 35.5. The standard InChI is InChI=1S/C12H24N2O2.ClH/c1-3-4-7-14(2)12(15)11(13)10-5-8-16-9-6-10;/h10-11H,3-9,13H2,1-2H3;1H. The highest BCUT2D eigenvalue weighted by Crippen LogP contribution is 2.18. The lowest BCUT2D eigenvalue weighted by Gasteiger charge is -2.29. The highest BCUT2D eigenvalue weighted by Gasteiger charge is 2.28. The molecule has 1 saturated heterocycles. The number of rotatable bonds is 5. The van der Waals surface area contributed by atoms with Crippen molar-refractivity contribution in [1.82, 2.24) is 4.90 Å². The van der Waals surface area contributed by atoms with E-state index in [9.17, 15) is 4.79 Å². The molecule has 1 rings (SSSR count). The Morgan fingerprint density at radius 1 is 1.47 bits per heavy atom. The topological polar surface area (TPSA) is 55.6 Å². The first-order valence-electron chi connectivity index (χ1n) is 6.25. The molecule has 0 radical (unpaired) electrons. The van der Waals surface area contributed by atoms with Crippen molar-refractivity contribution in [2.75, 3.05) is 26.8 Å². The van der Waals surface area contributed by atoms with Gasteiger partial charge in [-0.15, -0.1) is 12.4 Å². The summed E-state index contributed by atoms with van der Waals surface area (Å²) in [6.07, 6.45) is 3.97. The number of carbonyl (C=O) groups is 1. The van der Waals surface area contributed by atoms with Crippen molar-refractivity contribution in [3.05, 3.63) is 0 Å². The third kappa shape index (κ3) is 5.23. The summed E-state index contributed by atoms with van der Waals surface area (Å²) in [5, 5.41) is 0. The second-order valence-electron chi connectivity index (χ2n) is 4.59. The molecule has 1 aliphatic heterocycles. The van der Waals surface area contributed by atoms with E-state index in [4.69, 9.17) is 10.5 Å². The summed E-state index contributed by atoms with van der Waals surface area (Å²) in [6, 6.07) is -0.342. The van der Waals surface area contributed by atoms with Gasteiger partial charge >= 0.3 is 0 Å². The maximum absolute atomic E-state index is 12.0. The molecule has 1 atom stereocenters. The summed E-state index contributed by atoms with van der Waals surface area (Å²) in [6.45, 7) is 4.41. The van der Waals surface area contributed by atoms with Gasteiger partial charge in [0.2, 0.25) is 5.91 Å². The molecule has 0 aromatic rings. The normalized spacial score (nSPS) is 18.3. The minimum absolute atomic E-state index is 0. The predicted molar refractivity (Wildman–Crippen MR) is 71.3 cm³/mol. The number of nitrogens with two attached hydrogens (primary N) is 1. The van der Waals surface area contributed by atoms with Crippen molar-refractivity contribution in [2.45, 2.75) is 38.6 Å². The fourth-order valence-corrected chi connectivity index (χ4v) is 2.04. The lowest BCUT2D eigenvalue weighted by Crippen LogP contribution is -2.47. The van der Waals surface area contributed by atoms with Crippen LogP contribution in [-0.4, -0.2) is 43.7 Å². The smallest absolute Gasteiger partial charge is 0.239 e. The molecule has 1 aliphatic rings. The van der Waals surface area contributed by atoms with E-state index in [1.807, 2.05) is 7.05 Å². The van der Waals surface area contributed by atoms with E-state index in [1.54, 1.807) is 4.90 Å². The van der Waals surface area contributed by atoms with Crippen LogP contribution in [0.1, 0.15) is 32.6 Å². The highest BCUT2D eigenvalue weighted by molar-refractivity contribution is 5.85. The second kappa shape index (κ2) is 8.72. The summed E-state index contributed by atoms with van der Waals surface area (Å²) < 4.78 is 5.27. The van der Waals surface area contributed by atoms with Gasteiger partial charge in [0.25, 0.3) is 0 Å². The molecule has 0 aromatic heterocycles. The summed E-state index contributed by atoms with van der Waals surface area (Å²) >= 11 is 0. The Morgan fingerprint density at radius 2 is 2.06 bits per heavy atom. The summed E-state index contributed by atoms with van der Waals surface area (Å²) in [4.78, 5) is 13.8. The maximum Gasteiger partial charge on any atom is 0.239 e. The van der Waals surface area contributed by atoms with Gasteiger partial charge in [-0.25, -0.2) is 0 Å². The van der Waals surface area contributed by atoms with Crippen molar-refractivity contribution < 1.29 is 9.53 Å². The largest absolute Gasteiger partial charge is 0.381 e. The number of halogens is 1. The molecule has 17 heavy (non-hydrogen) atoms. The van der Waals surface area contributed by atoms with Crippen LogP contribution in [0.3, 0.4) is 0 Å². The number of nitrogens with zero attached hydrogens (tertiary/aromatic N) is 1. The molecule has 0 saturated carbocycles. The van der Waals surface area contributed by atoms with Crippen molar-refractivity contribution in [3.8, 4) is 0 Å². The SMILES string of the molecule is CCCCN(C)C(=O)C(N)C1CCOCC1.Cl. The fraction of sp³-hybridized carbons (Fsp3) is 0.917.